The molecule has 1 saturated carbocycles. The minimum absolute atomic E-state index is 0.00320. The first-order chi connectivity index (χ1) is 18.8. The van der Waals surface area contributed by atoms with Crippen LogP contribution < -0.4 is 27.6 Å². The monoisotopic (exact) mass is 537 g/mol. The van der Waals surface area contributed by atoms with Gasteiger partial charge >= 0.3 is 0 Å². The summed E-state index contributed by atoms with van der Waals surface area (Å²) in [7, 11) is 2.03. The average molecular weight is 538 g/mol. The van der Waals surface area contributed by atoms with E-state index in [0.29, 0.717) is 24.3 Å². The van der Waals surface area contributed by atoms with Gasteiger partial charge in [-0.05, 0) is 75.5 Å². The number of hydrogen-bond donors (Lipinski definition) is 4. The molecule has 0 atom stereocenters. The van der Waals surface area contributed by atoms with Crippen molar-refractivity contribution in [2.24, 2.45) is 17.3 Å². The van der Waals surface area contributed by atoms with Gasteiger partial charge in [0.1, 0.15) is 0 Å². The van der Waals surface area contributed by atoms with Crippen LogP contribution in [0.4, 0.5) is 5.69 Å². The Balaban J connectivity index is 0.000000288. The van der Waals surface area contributed by atoms with Crippen molar-refractivity contribution in [3.05, 3.63) is 77.6 Å². The first-order valence-corrected chi connectivity index (χ1v) is 13.8. The minimum Gasteiger partial charge on any atom is -0.403 e. The Bertz CT molecular complexity index is 1010. The average Bonchev–Trinajstić information content (AvgIpc) is 3.79. The maximum absolute atomic E-state index is 12.1. The van der Waals surface area contributed by atoms with Crippen LogP contribution in [0.5, 0.6) is 0 Å². The van der Waals surface area contributed by atoms with E-state index in [0.717, 1.165) is 25.6 Å². The summed E-state index contributed by atoms with van der Waals surface area (Å²) in [6, 6.07) is 15.6. The second-order valence-corrected chi connectivity index (χ2v) is 9.99. The number of likely N-dealkylation sites (N-methyl/N-ethyl adjacent to an activating group) is 1. The number of carbonyl (C=O) groups excluding carboxylic acids is 2. The molecule has 0 bridgehead atoms. The summed E-state index contributed by atoms with van der Waals surface area (Å²) in [5.41, 5.74) is 14.5. The number of nitrogens with one attached hydrogen (secondary N) is 1. The van der Waals surface area contributed by atoms with Crippen LogP contribution in [0.25, 0.3) is 0 Å². The molecule has 214 valence electrons. The quantitative estimate of drug-likeness (QED) is 0.300. The summed E-state index contributed by atoms with van der Waals surface area (Å²) in [5.74, 6) is 6.29. The van der Waals surface area contributed by atoms with Crippen LogP contribution in [0, 0.1) is 6.92 Å². The van der Waals surface area contributed by atoms with Crippen LogP contribution in [0.2, 0.25) is 0 Å². The number of nitrogens with two attached hydrogens (primary N) is 3. The normalized spacial score (nSPS) is 15.1. The van der Waals surface area contributed by atoms with E-state index < -0.39 is 0 Å². The van der Waals surface area contributed by atoms with Gasteiger partial charge < -0.3 is 26.6 Å². The lowest BCUT2D eigenvalue weighted by Gasteiger charge is -2.32. The van der Waals surface area contributed by atoms with Crippen molar-refractivity contribution in [3.63, 3.8) is 0 Å². The van der Waals surface area contributed by atoms with E-state index >= 15 is 0 Å². The highest BCUT2D eigenvalue weighted by Crippen LogP contribution is 2.39. The number of aryl methyl sites for hydroxylation is 1. The molecule has 1 aliphatic carbocycles. The number of amides is 2. The Morgan fingerprint density at radius 2 is 1.64 bits per heavy atom. The molecular formula is C30H47N7O2. The molecule has 2 amide bonds. The van der Waals surface area contributed by atoms with Crippen LogP contribution in [0.1, 0.15) is 60.0 Å². The minimum atomic E-state index is -0.290. The number of carbonyl (C=O) groups is 2. The van der Waals surface area contributed by atoms with Gasteiger partial charge in [0.15, 0.2) is 0 Å². The third-order valence-corrected chi connectivity index (χ3v) is 6.61. The van der Waals surface area contributed by atoms with Gasteiger partial charge in [-0.2, -0.15) is 0 Å². The van der Waals surface area contributed by atoms with Gasteiger partial charge in [0.2, 0.25) is 5.91 Å². The molecule has 2 aliphatic rings. The van der Waals surface area contributed by atoms with E-state index in [2.05, 4.69) is 48.3 Å². The van der Waals surface area contributed by atoms with Gasteiger partial charge in [0, 0.05) is 44.1 Å². The third kappa shape index (κ3) is 11.9. The second-order valence-electron chi connectivity index (χ2n) is 9.99. The van der Waals surface area contributed by atoms with Crippen LogP contribution in [0.3, 0.4) is 0 Å². The maximum Gasteiger partial charge on any atom is 0.251 e. The summed E-state index contributed by atoms with van der Waals surface area (Å²) in [4.78, 5) is 28.2. The molecule has 1 heterocycles. The second kappa shape index (κ2) is 17.2. The lowest BCUT2D eigenvalue weighted by atomic mass is 10.1. The van der Waals surface area contributed by atoms with Gasteiger partial charge in [0.25, 0.3) is 5.91 Å². The van der Waals surface area contributed by atoms with E-state index in [4.69, 9.17) is 17.3 Å². The Kier molecular flexibility index (Phi) is 14.1. The standard InChI is InChI=1S/C16H24N6O2.C10H12.C4H11N/c1-20-8-10-21(11-9-20)15(23)12-19-16(24)13-2-4-14(5-3-13)22(18)7-6-17;1-8-2-4-9(5-3-8)10-6-7-10;1-2-3-4-5/h2-7H,8-12,17-18H2,1H3,(H,19,24);2-5,10H,6-7H2,1H3;2-5H2,1H3/b7-6-;;. The van der Waals surface area contributed by atoms with Crippen molar-refractivity contribution < 1.29 is 9.59 Å². The van der Waals surface area contributed by atoms with Gasteiger partial charge in [-0.1, -0.05) is 43.2 Å². The van der Waals surface area contributed by atoms with Crippen molar-refractivity contribution in [3.8, 4) is 0 Å². The fourth-order valence-corrected chi connectivity index (χ4v) is 3.85. The molecule has 0 radical (unpaired) electrons. The number of anilines is 1. The van der Waals surface area contributed by atoms with Gasteiger partial charge in [0.05, 0.1) is 12.2 Å². The predicted octanol–water partition coefficient (Wildman–Crippen LogP) is 2.92. The Hall–Kier alpha value is -3.40. The molecule has 39 heavy (non-hydrogen) atoms. The van der Waals surface area contributed by atoms with Crippen molar-refractivity contribution in [1.82, 2.24) is 15.1 Å². The van der Waals surface area contributed by atoms with Crippen molar-refractivity contribution >= 4 is 17.5 Å². The number of nitrogens with zero attached hydrogens (tertiary/aromatic N) is 3. The molecule has 9 nitrogen and oxygen atoms in total. The zero-order valence-corrected chi connectivity index (χ0v) is 23.8. The fraction of sp³-hybridized carbons (Fsp3) is 0.467. The molecule has 0 spiro atoms. The predicted molar refractivity (Wildman–Crippen MR) is 160 cm³/mol. The van der Waals surface area contributed by atoms with E-state index in [1.54, 1.807) is 29.2 Å². The van der Waals surface area contributed by atoms with Crippen LogP contribution >= 0.6 is 0 Å². The number of unbranched alkanes of at least 4 members (excludes halogenated alkanes) is 1. The first-order valence-electron chi connectivity index (χ1n) is 13.8. The molecule has 0 unspecified atom stereocenters. The number of hydrogen-bond acceptors (Lipinski definition) is 7. The van der Waals surface area contributed by atoms with Crippen molar-refractivity contribution in [2.75, 3.05) is 51.3 Å². The Labute approximate surface area is 234 Å². The summed E-state index contributed by atoms with van der Waals surface area (Å²) in [6.07, 6.45) is 8.02. The van der Waals surface area contributed by atoms with Crippen molar-refractivity contribution in [2.45, 2.75) is 45.4 Å². The molecule has 7 N–H and O–H groups in total. The first kappa shape index (κ1) is 31.8. The highest BCUT2D eigenvalue weighted by Gasteiger charge is 2.22. The zero-order valence-electron chi connectivity index (χ0n) is 23.8. The molecule has 0 aromatic heterocycles. The summed E-state index contributed by atoms with van der Waals surface area (Å²) in [5, 5.41) is 4.00. The molecule has 4 rings (SSSR count). The number of hydrazine groups is 1. The topological polar surface area (TPSA) is 134 Å². The van der Waals surface area contributed by atoms with Crippen LogP contribution in [-0.4, -0.2) is 67.9 Å². The largest absolute Gasteiger partial charge is 0.403 e. The molecule has 2 fully saturated rings. The van der Waals surface area contributed by atoms with Gasteiger partial charge in [-0.15, -0.1) is 0 Å². The summed E-state index contributed by atoms with van der Waals surface area (Å²) in [6.45, 7) is 8.22. The van der Waals surface area contributed by atoms with Crippen molar-refractivity contribution in [1.29, 1.82) is 0 Å². The van der Waals surface area contributed by atoms with Crippen LogP contribution in [-0.2, 0) is 4.79 Å². The third-order valence-electron chi connectivity index (χ3n) is 6.61. The van der Waals surface area contributed by atoms with E-state index in [1.807, 2.05) is 7.05 Å². The van der Waals surface area contributed by atoms with Crippen LogP contribution in [0.15, 0.2) is 60.9 Å². The van der Waals surface area contributed by atoms with E-state index in [9.17, 15) is 9.59 Å². The number of piperazine rings is 1. The molecular weight excluding hydrogens is 490 g/mol. The summed E-state index contributed by atoms with van der Waals surface area (Å²) < 4.78 is 0. The zero-order chi connectivity index (χ0) is 28.6. The lowest BCUT2D eigenvalue weighted by Crippen LogP contribution is -2.50. The lowest BCUT2D eigenvalue weighted by molar-refractivity contribution is -0.131. The maximum atomic E-state index is 12.1. The molecule has 2 aromatic rings. The number of rotatable bonds is 8. The van der Waals surface area contributed by atoms with E-state index in [1.165, 1.54) is 54.2 Å². The SMILES string of the molecule is CCCCN.CN1CCN(C(=O)CNC(=O)c2ccc(N(N)/C=C\N)cc2)CC1.Cc1ccc(C2CC2)cc1. The molecule has 1 aliphatic heterocycles. The smallest absolute Gasteiger partial charge is 0.251 e. The van der Waals surface area contributed by atoms with Gasteiger partial charge in [-0.25, -0.2) is 5.84 Å². The van der Waals surface area contributed by atoms with Gasteiger partial charge in [-0.3, -0.25) is 14.6 Å². The Morgan fingerprint density at radius 1 is 1.03 bits per heavy atom. The highest BCUT2D eigenvalue weighted by atomic mass is 16.2. The molecule has 1 saturated heterocycles. The number of benzene rings is 2. The molecule has 2 aromatic carbocycles. The Morgan fingerprint density at radius 3 is 2.13 bits per heavy atom. The van der Waals surface area contributed by atoms with E-state index in [-0.39, 0.29) is 18.4 Å². The fourth-order valence-electron chi connectivity index (χ4n) is 3.85. The highest BCUT2D eigenvalue weighted by molar-refractivity contribution is 5.96. The summed E-state index contributed by atoms with van der Waals surface area (Å²) >= 11 is 0. The molecule has 9 heteroatoms.